The molecule has 0 spiro atoms. The van der Waals surface area contributed by atoms with Crippen LogP contribution in [0.25, 0.3) is 0 Å². The third-order valence-electron chi connectivity index (χ3n) is 2.05. The molecule has 0 aromatic rings. The summed E-state index contributed by atoms with van der Waals surface area (Å²) in [4.78, 5) is 12.5. The molecule has 1 fully saturated rings. The highest BCUT2D eigenvalue weighted by atomic mass is 35.5. The van der Waals surface area contributed by atoms with Crippen LogP contribution in [-0.2, 0) is 4.79 Å². The fourth-order valence-electron chi connectivity index (χ4n) is 1.32. The summed E-state index contributed by atoms with van der Waals surface area (Å²) in [6.07, 6.45) is -2.91. The minimum Gasteiger partial charge on any atom is -0.313 e. The molecule has 0 aromatic heterocycles. The lowest BCUT2D eigenvalue weighted by atomic mass is 10.1. The Morgan fingerprint density at radius 3 is 2.92 bits per heavy atom. The molecule has 1 heterocycles. The molecule has 13 heavy (non-hydrogen) atoms. The minimum atomic E-state index is -2.91. The van der Waals surface area contributed by atoms with Crippen LogP contribution in [-0.4, -0.2) is 48.8 Å². The largest absolute Gasteiger partial charge is 0.313 e. The van der Waals surface area contributed by atoms with E-state index in [2.05, 4.69) is 5.32 Å². The van der Waals surface area contributed by atoms with E-state index in [1.807, 2.05) is 0 Å². The molecular formula is C7H11ClF2N2O. The van der Waals surface area contributed by atoms with Crippen molar-refractivity contribution in [1.29, 1.82) is 0 Å². The van der Waals surface area contributed by atoms with Gasteiger partial charge in [0.25, 0.3) is 6.43 Å². The van der Waals surface area contributed by atoms with Gasteiger partial charge in [-0.3, -0.25) is 9.69 Å². The molecule has 1 aliphatic rings. The maximum Gasteiger partial charge on any atom is 0.297 e. The van der Waals surface area contributed by atoms with E-state index in [1.165, 1.54) is 0 Å². The van der Waals surface area contributed by atoms with Crippen molar-refractivity contribution in [2.45, 2.75) is 12.5 Å². The van der Waals surface area contributed by atoms with Crippen molar-refractivity contribution in [1.82, 2.24) is 10.2 Å². The maximum absolute atomic E-state index is 12.1. The van der Waals surface area contributed by atoms with Crippen LogP contribution in [0.4, 0.5) is 8.78 Å². The van der Waals surface area contributed by atoms with E-state index < -0.39 is 18.3 Å². The summed E-state index contributed by atoms with van der Waals surface area (Å²) in [6, 6.07) is -0.656. The van der Waals surface area contributed by atoms with Gasteiger partial charge in [-0.2, -0.15) is 0 Å². The molecule has 1 rings (SSSR count). The Labute approximate surface area is 80.0 Å². The summed E-state index contributed by atoms with van der Waals surface area (Å²) in [5, 5.41) is 2.88. The topological polar surface area (TPSA) is 32.3 Å². The minimum absolute atomic E-state index is 0.116. The Kier molecular flexibility index (Phi) is 4.02. The SMILES string of the molecule is O=C(C(F)F)C1CNCCN1CCl. The zero-order valence-corrected chi connectivity index (χ0v) is 7.73. The van der Waals surface area contributed by atoms with E-state index >= 15 is 0 Å². The summed E-state index contributed by atoms with van der Waals surface area (Å²) in [5.41, 5.74) is 0. The Balaban J connectivity index is 2.58. The average molecular weight is 213 g/mol. The molecule has 0 bridgehead atoms. The fourth-order valence-corrected chi connectivity index (χ4v) is 1.60. The van der Waals surface area contributed by atoms with E-state index in [9.17, 15) is 13.6 Å². The standard InChI is InChI=1S/C7H11ClF2N2O/c8-4-12-2-1-11-3-5(12)6(13)7(9)10/h5,7,11H,1-4H2. The summed E-state index contributed by atoms with van der Waals surface area (Å²) in [7, 11) is 0. The zero-order valence-electron chi connectivity index (χ0n) is 6.97. The number of carbonyl (C=O) groups is 1. The lowest BCUT2D eigenvalue weighted by molar-refractivity contribution is -0.135. The van der Waals surface area contributed by atoms with Crippen molar-refractivity contribution in [3.8, 4) is 0 Å². The Hall–Kier alpha value is -0.260. The molecule has 0 aliphatic carbocycles. The second-order valence-electron chi connectivity index (χ2n) is 2.85. The number of carbonyl (C=O) groups excluding carboxylic acids is 1. The number of hydrogen-bond donors (Lipinski definition) is 1. The third kappa shape index (κ3) is 2.59. The van der Waals surface area contributed by atoms with E-state index in [4.69, 9.17) is 11.6 Å². The first-order valence-electron chi connectivity index (χ1n) is 3.99. The van der Waals surface area contributed by atoms with Gasteiger partial charge in [-0.15, -0.1) is 11.6 Å². The van der Waals surface area contributed by atoms with Crippen LogP contribution in [0.15, 0.2) is 0 Å². The van der Waals surface area contributed by atoms with Crippen LogP contribution in [0.3, 0.4) is 0 Å². The second-order valence-corrected chi connectivity index (χ2v) is 3.09. The lowest BCUT2D eigenvalue weighted by Gasteiger charge is -2.33. The summed E-state index contributed by atoms with van der Waals surface area (Å²) in [5.74, 6) is -1.05. The number of halogens is 3. The first kappa shape index (κ1) is 10.8. The highest BCUT2D eigenvalue weighted by Gasteiger charge is 2.32. The molecule has 1 unspecified atom stereocenters. The van der Waals surface area contributed by atoms with Gasteiger partial charge < -0.3 is 5.32 Å². The van der Waals surface area contributed by atoms with Gasteiger partial charge in [-0.1, -0.05) is 0 Å². The number of rotatable bonds is 3. The first-order valence-corrected chi connectivity index (χ1v) is 4.53. The maximum atomic E-state index is 12.1. The smallest absolute Gasteiger partial charge is 0.297 e. The van der Waals surface area contributed by atoms with Gasteiger partial charge in [0, 0.05) is 19.6 Å². The normalized spacial score (nSPS) is 25.1. The van der Waals surface area contributed by atoms with Gasteiger partial charge >= 0.3 is 0 Å². The van der Waals surface area contributed by atoms with Crippen molar-refractivity contribution < 1.29 is 13.6 Å². The number of piperazine rings is 1. The van der Waals surface area contributed by atoms with Gasteiger partial charge in [-0.05, 0) is 0 Å². The molecule has 0 saturated carbocycles. The van der Waals surface area contributed by atoms with Crippen molar-refractivity contribution in [3.05, 3.63) is 0 Å². The number of hydrogen-bond acceptors (Lipinski definition) is 3. The Bertz CT molecular complexity index is 191. The average Bonchev–Trinajstić information content (AvgIpc) is 2.16. The Morgan fingerprint density at radius 1 is 1.69 bits per heavy atom. The van der Waals surface area contributed by atoms with Crippen LogP contribution in [0.2, 0.25) is 0 Å². The molecule has 0 aromatic carbocycles. The van der Waals surface area contributed by atoms with E-state index in [-0.39, 0.29) is 12.5 Å². The fraction of sp³-hybridized carbons (Fsp3) is 0.857. The van der Waals surface area contributed by atoms with Crippen LogP contribution < -0.4 is 5.32 Å². The highest BCUT2D eigenvalue weighted by molar-refractivity contribution is 6.17. The van der Waals surface area contributed by atoms with Gasteiger partial charge in [0.05, 0.1) is 12.0 Å². The second kappa shape index (κ2) is 4.83. The van der Waals surface area contributed by atoms with Gasteiger partial charge in [0.1, 0.15) is 0 Å². The van der Waals surface area contributed by atoms with Crippen LogP contribution in [0, 0.1) is 0 Å². The summed E-state index contributed by atoms with van der Waals surface area (Å²) >= 11 is 5.52. The quantitative estimate of drug-likeness (QED) is 0.539. The van der Waals surface area contributed by atoms with Crippen LogP contribution >= 0.6 is 11.6 Å². The zero-order chi connectivity index (χ0) is 9.84. The molecule has 1 aliphatic heterocycles. The molecule has 1 atom stereocenters. The number of nitrogens with zero attached hydrogens (tertiary/aromatic N) is 1. The van der Waals surface area contributed by atoms with E-state index in [0.29, 0.717) is 13.1 Å². The Morgan fingerprint density at radius 2 is 2.38 bits per heavy atom. The summed E-state index contributed by atoms with van der Waals surface area (Å²) in [6.45, 7) is 1.47. The molecule has 3 nitrogen and oxygen atoms in total. The van der Waals surface area contributed by atoms with Crippen LogP contribution in [0.1, 0.15) is 0 Å². The number of ketones is 1. The van der Waals surface area contributed by atoms with E-state index in [0.717, 1.165) is 0 Å². The first-order chi connectivity index (χ1) is 6.16. The molecule has 6 heteroatoms. The van der Waals surface area contributed by atoms with Crippen molar-refractivity contribution in [2.75, 3.05) is 25.6 Å². The predicted octanol–water partition coefficient (Wildman–Crippen LogP) is 0.291. The number of alkyl halides is 3. The van der Waals surface area contributed by atoms with Crippen molar-refractivity contribution >= 4 is 17.4 Å². The lowest BCUT2D eigenvalue weighted by Crippen LogP contribution is -2.55. The molecular weight excluding hydrogens is 202 g/mol. The van der Waals surface area contributed by atoms with Crippen molar-refractivity contribution in [2.24, 2.45) is 0 Å². The van der Waals surface area contributed by atoms with Gasteiger partial charge in [0.2, 0.25) is 5.78 Å². The number of Topliss-reactive ketones (excluding diaryl/α,β-unsaturated/α-hetero) is 1. The summed E-state index contributed by atoms with van der Waals surface area (Å²) < 4.78 is 24.2. The molecule has 0 radical (unpaired) electrons. The van der Waals surface area contributed by atoms with Crippen molar-refractivity contribution in [3.63, 3.8) is 0 Å². The predicted molar refractivity (Wildman–Crippen MR) is 45.1 cm³/mol. The third-order valence-corrected chi connectivity index (χ3v) is 2.36. The monoisotopic (exact) mass is 212 g/mol. The molecule has 0 amide bonds. The highest BCUT2D eigenvalue weighted by Crippen LogP contribution is 2.09. The van der Waals surface area contributed by atoms with E-state index in [1.54, 1.807) is 4.90 Å². The molecule has 1 N–H and O–H groups in total. The van der Waals surface area contributed by atoms with Crippen LogP contribution in [0.5, 0.6) is 0 Å². The van der Waals surface area contributed by atoms with Gasteiger partial charge in [0.15, 0.2) is 0 Å². The number of nitrogens with one attached hydrogen (secondary N) is 1. The molecule has 76 valence electrons. The molecule has 1 saturated heterocycles. The van der Waals surface area contributed by atoms with Gasteiger partial charge in [-0.25, -0.2) is 8.78 Å².